The number of anilines is 1. The van der Waals surface area contributed by atoms with Crippen molar-refractivity contribution in [1.82, 2.24) is 4.98 Å². The molecule has 1 heterocycles. The van der Waals surface area contributed by atoms with Crippen molar-refractivity contribution in [2.45, 2.75) is 6.54 Å². The van der Waals surface area contributed by atoms with Crippen molar-refractivity contribution < 1.29 is 13.9 Å². The second kappa shape index (κ2) is 7.44. The number of hydrogen-bond donors (Lipinski definition) is 0. The van der Waals surface area contributed by atoms with Gasteiger partial charge in [-0.05, 0) is 24.3 Å². The van der Waals surface area contributed by atoms with Gasteiger partial charge in [0, 0.05) is 18.0 Å². The van der Waals surface area contributed by atoms with Crippen molar-refractivity contribution in [2.75, 3.05) is 19.1 Å². The molecular formula is C19H17FN2O2S. The van der Waals surface area contributed by atoms with Crippen LogP contribution in [0.4, 0.5) is 10.1 Å². The van der Waals surface area contributed by atoms with Gasteiger partial charge in [0.15, 0.2) is 0 Å². The summed E-state index contributed by atoms with van der Waals surface area (Å²) in [7, 11) is 3.19. The Balaban J connectivity index is 1.74. The minimum Gasteiger partial charge on any atom is -0.465 e. The van der Waals surface area contributed by atoms with Gasteiger partial charge < -0.3 is 9.64 Å². The van der Waals surface area contributed by atoms with Crippen LogP contribution in [0.25, 0.3) is 10.6 Å². The molecule has 0 bridgehead atoms. The molecule has 0 aliphatic carbocycles. The summed E-state index contributed by atoms with van der Waals surface area (Å²) >= 11 is 1.52. The maximum Gasteiger partial charge on any atom is 0.337 e. The summed E-state index contributed by atoms with van der Waals surface area (Å²) in [6.07, 6.45) is 0. The largest absolute Gasteiger partial charge is 0.465 e. The highest BCUT2D eigenvalue weighted by atomic mass is 32.1. The van der Waals surface area contributed by atoms with Crippen LogP contribution in [-0.4, -0.2) is 25.1 Å². The van der Waals surface area contributed by atoms with E-state index in [0.717, 1.165) is 16.3 Å². The van der Waals surface area contributed by atoms with E-state index in [1.807, 2.05) is 35.5 Å². The number of aromatic nitrogens is 1. The predicted molar refractivity (Wildman–Crippen MR) is 97.4 cm³/mol. The third kappa shape index (κ3) is 3.85. The summed E-state index contributed by atoms with van der Waals surface area (Å²) in [6.45, 7) is 0.512. The molecule has 0 N–H and O–H groups in total. The number of halogens is 1. The summed E-state index contributed by atoms with van der Waals surface area (Å²) in [5.74, 6) is -0.614. The van der Waals surface area contributed by atoms with Gasteiger partial charge in [-0.3, -0.25) is 0 Å². The van der Waals surface area contributed by atoms with Gasteiger partial charge in [0.1, 0.15) is 10.8 Å². The van der Waals surface area contributed by atoms with Crippen LogP contribution in [0.1, 0.15) is 16.1 Å². The van der Waals surface area contributed by atoms with Crippen molar-refractivity contribution in [3.8, 4) is 10.6 Å². The molecule has 1 aromatic heterocycles. The van der Waals surface area contributed by atoms with Crippen LogP contribution in [0.2, 0.25) is 0 Å². The fraction of sp³-hybridized carbons (Fsp3) is 0.158. The fourth-order valence-electron chi connectivity index (χ4n) is 2.47. The number of carbonyl (C=O) groups excluding carboxylic acids is 1. The molecule has 0 saturated carbocycles. The number of methoxy groups -OCH3 is 1. The number of rotatable bonds is 5. The zero-order valence-corrected chi connectivity index (χ0v) is 14.7. The zero-order chi connectivity index (χ0) is 17.8. The lowest BCUT2D eigenvalue weighted by atomic mass is 10.1. The lowest BCUT2D eigenvalue weighted by Crippen LogP contribution is -2.17. The minimum absolute atomic E-state index is 0.251. The van der Waals surface area contributed by atoms with Crippen molar-refractivity contribution in [2.24, 2.45) is 0 Å². The number of para-hydroxylation sites is 1. The molecule has 25 heavy (non-hydrogen) atoms. The van der Waals surface area contributed by atoms with Crippen LogP contribution in [0.3, 0.4) is 0 Å². The molecule has 0 aliphatic rings. The average molecular weight is 356 g/mol. The fourth-order valence-corrected chi connectivity index (χ4v) is 3.29. The molecule has 0 atom stereocenters. The summed E-state index contributed by atoms with van der Waals surface area (Å²) in [6, 6.07) is 13.8. The molecule has 4 nitrogen and oxygen atoms in total. The van der Waals surface area contributed by atoms with Crippen LogP contribution in [0.15, 0.2) is 53.9 Å². The van der Waals surface area contributed by atoms with Gasteiger partial charge in [0.2, 0.25) is 0 Å². The normalized spacial score (nSPS) is 10.5. The quantitative estimate of drug-likeness (QED) is 0.637. The first-order valence-corrected chi connectivity index (χ1v) is 8.55. The van der Waals surface area contributed by atoms with E-state index < -0.39 is 0 Å². The van der Waals surface area contributed by atoms with Gasteiger partial charge in [-0.2, -0.15) is 0 Å². The molecule has 0 unspecified atom stereocenters. The van der Waals surface area contributed by atoms with Crippen LogP contribution >= 0.6 is 11.3 Å². The highest BCUT2D eigenvalue weighted by Crippen LogP contribution is 2.26. The number of benzene rings is 2. The van der Waals surface area contributed by atoms with Gasteiger partial charge in [0.25, 0.3) is 0 Å². The first kappa shape index (κ1) is 17.1. The first-order chi connectivity index (χ1) is 12.1. The third-order valence-electron chi connectivity index (χ3n) is 3.77. The Morgan fingerprint density at radius 1 is 1.20 bits per heavy atom. The average Bonchev–Trinajstić information content (AvgIpc) is 3.10. The molecule has 0 spiro atoms. The SMILES string of the molecule is COC(=O)c1ccc(-c2nc(CN(C)c3ccccc3F)cs2)cc1. The summed E-state index contributed by atoms with van der Waals surface area (Å²) < 4.78 is 18.5. The van der Waals surface area contributed by atoms with E-state index in [-0.39, 0.29) is 11.8 Å². The Morgan fingerprint density at radius 3 is 2.60 bits per heavy atom. The van der Waals surface area contributed by atoms with E-state index in [4.69, 9.17) is 4.74 Å². The Labute approximate surface area is 149 Å². The Morgan fingerprint density at radius 2 is 1.92 bits per heavy atom. The summed E-state index contributed by atoms with van der Waals surface area (Å²) in [5.41, 5.74) is 2.84. The van der Waals surface area contributed by atoms with Crippen molar-refractivity contribution in [3.05, 3.63) is 71.0 Å². The van der Waals surface area contributed by atoms with E-state index in [9.17, 15) is 9.18 Å². The van der Waals surface area contributed by atoms with E-state index in [1.54, 1.807) is 24.3 Å². The highest BCUT2D eigenvalue weighted by Gasteiger charge is 2.11. The maximum atomic E-state index is 13.8. The standard InChI is InChI=1S/C19H17FN2O2S/c1-22(17-6-4-3-5-16(17)20)11-15-12-25-18(21-15)13-7-9-14(10-8-13)19(23)24-2/h3-10,12H,11H2,1-2H3. The smallest absolute Gasteiger partial charge is 0.337 e. The van der Waals surface area contributed by atoms with Crippen molar-refractivity contribution in [1.29, 1.82) is 0 Å². The lowest BCUT2D eigenvalue weighted by molar-refractivity contribution is 0.0601. The number of esters is 1. The molecular weight excluding hydrogens is 339 g/mol. The maximum absolute atomic E-state index is 13.8. The monoisotopic (exact) mass is 356 g/mol. The summed E-state index contributed by atoms with van der Waals surface area (Å²) in [5, 5.41) is 2.81. The van der Waals surface area contributed by atoms with Crippen LogP contribution in [0, 0.1) is 5.82 Å². The molecule has 6 heteroatoms. The van der Waals surface area contributed by atoms with Gasteiger partial charge in [-0.1, -0.05) is 24.3 Å². The molecule has 128 valence electrons. The number of nitrogens with zero attached hydrogens (tertiary/aromatic N) is 2. The van der Waals surface area contributed by atoms with Gasteiger partial charge in [0.05, 0.1) is 30.6 Å². The molecule has 0 amide bonds. The molecule has 0 aliphatic heterocycles. The van der Waals surface area contributed by atoms with Crippen molar-refractivity contribution >= 4 is 23.0 Å². The van der Waals surface area contributed by atoms with E-state index in [1.165, 1.54) is 24.5 Å². The van der Waals surface area contributed by atoms with Gasteiger partial charge >= 0.3 is 5.97 Å². The van der Waals surface area contributed by atoms with E-state index >= 15 is 0 Å². The number of thiazole rings is 1. The van der Waals surface area contributed by atoms with E-state index in [2.05, 4.69) is 4.98 Å². The number of ether oxygens (including phenoxy) is 1. The molecule has 3 rings (SSSR count). The number of carbonyl (C=O) groups is 1. The van der Waals surface area contributed by atoms with Crippen LogP contribution in [-0.2, 0) is 11.3 Å². The Hall–Kier alpha value is -2.73. The molecule has 0 saturated heterocycles. The van der Waals surface area contributed by atoms with Crippen LogP contribution in [0.5, 0.6) is 0 Å². The predicted octanol–water partition coefficient (Wildman–Crippen LogP) is 4.37. The minimum atomic E-state index is -0.363. The van der Waals surface area contributed by atoms with Gasteiger partial charge in [-0.25, -0.2) is 14.2 Å². The summed E-state index contributed by atoms with van der Waals surface area (Å²) in [4.78, 5) is 17.9. The molecule has 2 aromatic carbocycles. The van der Waals surface area contributed by atoms with Crippen molar-refractivity contribution in [3.63, 3.8) is 0 Å². The van der Waals surface area contributed by atoms with Crippen LogP contribution < -0.4 is 4.90 Å². The molecule has 3 aromatic rings. The topological polar surface area (TPSA) is 42.4 Å². The highest BCUT2D eigenvalue weighted by molar-refractivity contribution is 7.13. The first-order valence-electron chi connectivity index (χ1n) is 7.67. The molecule has 0 radical (unpaired) electrons. The zero-order valence-electron chi connectivity index (χ0n) is 13.9. The second-order valence-electron chi connectivity index (χ2n) is 5.52. The second-order valence-corrected chi connectivity index (χ2v) is 6.38. The molecule has 0 fully saturated rings. The third-order valence-corrected chi connectivity index (χ3v) is 4.71. The Kier molecular flexibility index (Phi) is 5.09. The number of hydrogen-bond acceptors (Lipinski definition) is 5. The Bertz CT molecular complexity index is 877. The van der Waals surface area contributed by atoms with E-state index in [0.29, 0.717) is 17.8 Å². The van der Waals surface area contributed by atoms with Gasteiger partial charge in [-0.15, -0.1) is 11.3 Å². The lowest BCUT2D eigenvalue weighted by Gasteiger charge is -2.18.